The Labute approximate surface area is 186 Å². The van der Waals surface area contributed by atoms with E-state index in [1.165, 1.54) is 34.6 Å². The van der Waals surface area contributed by atoms with Crippen LogP contribution in [0.5, 0.6) is 5.75 Å². The highest BCUT2D eigenvalue weighted by atomic mass is 16.5. The molecule has 5 nitrogen and oxygen atoms in total. The van der Waals surface area contributed by atoms with Crippen LogP contribution in [0.3, 0.4) is 0 Å². The smallest absolute Gasteiger partial charge is 0.277 e. The molecule has 2 aromatic carbocycles. The summed E-state index contributed by atoms with van der Waals surface area (Å²) in [5.74, 6) is 1.73. The van der Waals surface area contributed by atoms with Crippen molar-refractivity contribution in [1.29, 1.82) is 0 Å². The number of amides is 1. The normalized spacial score (nSPS) is 17.7. The number of anilines is 1. The van der Waals surface area contributed by atoms with Crippen molar-refractivity contribution in [2.45, 2.75) is 45.2 Å². The van der Waals surface area contributed by atoms with Gasteiger partial charge in [0.15, 0.2) is 6.54 Å². The lowest BCUT2D eigenvalue weighted by molar-refractivity contribution is -0.917. The lowest BCUT2D eigenvalue weighted by Gasteiger charge is -2.36. The number of ether oxygens (including phenoxy) is 1. The van der Waals surface area contributed by atoms with E-state index in [2.05, 4.69) is 60.0 Å². The Morgan fingerprint density at radius 3 is 2.19 bits per heavy atom. The average molecular weight is 423 g/mol. The van der Waals surface area contributed by atoms with Crippen molar-refractivity contribution in [1.82, 2.24) is 4.90 Å². The van der Waals surface area contributed by atoms with Crippen molar-refractivity contribution < 1.29 is 14.4 Å². The van der Waals surface area contributed by atoms with Crippen molar-refractivity contribution in [3.05, 3.63) is 59.7 Å². The van der Waals surface area contributed by atoms with Gasteiger partial charge < -0.3 is 19.4 Å². The summed E-state index contributed by atoms with van der Waals surface area (Å²) in [7, 11) is 1.69. The van der Waals surface area contributed by atoms with Crippen molar-refractivity contribution in [2.24, 2.45) is 0 Å². The third-order valence-electron chi connectivity index (χ3n) is 6.68. The number of nitrogens with zero attached hydrogens (tertiary/aromatic N) is 2. The average Bonchev–Trinajstić information content (AvgIpc) is 3.65. The van der Waals surface area contributed by atoms with Gasteiger partial charge in [0, 0.05) is 50.3 Å². The summed E-state index contributed by atoms with van der Waals surface area (Å²) < 4.78 is 5.25. The first-order valence-corrected chi connectivity index (χ1v) is 11.6. The lowest BCUT2D eigenvalue weighted by atomic mass is 10.0. The van der Waals surface area contributed by atoms with Gasteiger partial charge in [0.1, 0.15) is 12.3 Å². The van der Waals surface area contributed by atoms with Crippen LogP contribution >= 0.6 is 0 Å². The minimum Gasteiger partial charge on any atom is -0.497 e. The van der Waals surface area contributed by atoms with E-state index in [0.717, 1.165) is 38.5 Å². The Kier molecular flexibility index (Phi) is 6.81. The van der Waals surface area contributed by atoms with E-state index in [4.69, 9.17) is 4.74 Å². The van der Waals surface area contributed by atoms with Crippen LogP contribution in [0.15, 0.2) is 48.5 Å². The Bertz CT molecular complexity index is 851. The Morgan fingerprint density at radius 2 is 1.65 bits per heavy atom. The quantitative estimate of drug-likeness (QED) is 0.711. The fraction of sp³-hybridized carbons (Fsp3) is 0.500. The molecule has 1 saturated carbocycles. The number of quaternary nitrogens is 1. The molecule has 0 bridgehead atoms. The zero-order valence-electron chi connectivity index (χ0n) is 19.1. The van der Waals surface area contributed by atoms with Crippen LogP contribution in [0.1, 0.15) is 43.7 Å². The summed E-state index contributed by atoms with van der Waals surface area (Å²) in [6.07, 6.45) is 2.50. The summed E-state index contributed by atoms with van der Waals surface area (Å²) in [5, 5.41) is 0. The number of benzene rings is 2. The first kappa shape index (κ1) is 21.7. The molecule has 1 saturated heterocycles. The van der Waals surface area contributed by atoms with Crippen molar-refractivity contribution in [3.8, 4) is 5.75 Å². The molecule has 0 radical (unpaired) electrons. The highest BCUT2D eigenvalue weighted by Crippen LogP contribution is 2.21. The van der Waals surface area contributed by atoms with Crippen molar-refractivity contribution in [2.75, 3.05) is 44.7 Å². The van der Waals surface area contributed by atoms with Gasteiger partial charge in [-0.15, -0.1) is 0 Å². The van der Waals surface area contributed by atoms with Gasteiger partial charge in [-0.25, -0.2) is 0 Å². The molecule has 2 aromatic rings. The molecule has 166 valence electrons. The van der Waals surface area contributed by atoms with Crippen LogP contribution in [0.25, 0.3) is 0 Å². The SMILES string of the molecule is COc1ccc(N2CCN(C(=O)C[NH+](Cc3ccc(C(C)C)cc3)C3CC3)CC2)cc1. The standard InChI is InChI=1S/C26H35N3O2/c1-20(2)22-6-4-21(5-7-22)18-29(24-8-9-24)19-26(30)28-16-14-27(15-17-28)23-10-12-25(31-3)13-11-23/h4-7,10-13,20,24H,8-9,14-19H2,1-3H3/p+1. The molecule has 1 N–H and O–H groups in total. The number of methoxy groups -OCH3 is 1. The van der Waals surface area contributed by atoms with Crippen LogP contribution in [-0.4, -0.2) is 56.7 Å². The summed E-state index contributed by atoms with van der Waals surface area (Å²) in [4.78, 5) is 18.9. The van der Waals surface area contributed by atoms with Gasteiger partial charge in [0.05, 0.1) is 13.2 Å². The molecule has 1 heterocycles. The van der Waals surface area contributed by atoms with Crippen LogP contribution in [0.2, 0.25) is 0 Å². The maximum Gasteiger partial charge on any atom is 0.277 e. The fourth-order valence-corrected chi connectivity index (χ4v) is 4.44. The fourth-order valence-electron chi connectivity index (χ4n) is 4.44. The number of carbonyl (C=O) groups excluding carboxylic acids is 1. The van der Waals surface area contributed by atoms with Gasteiger partial charge in [-0.05, 0) is 35.7 Å². The minimum atomic E-state index is 0.301. The summed E-state index contributed by atoms with van der Waals surface area (Å²) in [6.45, 7) is 9.37. The molecule has 1 atom stereocenters. The zero-order chi connectivity index (χ0) is 21.8. The molecule has 2 aliphatic rings. The van der Waals surface area contributed by atoms with Crippen LogP contribution < -0.4 is 14.5 Å². The Hall–Kier alpha value is -2.53. The molecule has 31 heavy (non-hydrogen) atoms. The van der Waals surface area contributed by atoms with E-state index in [0.29, 0.717) is 24.4 Å². The topological polar surface area (TPSA) is 37.2 Å². The van der Waals surface area contributed by atoms with E-state index in [1.54, 1.807) is 7.11 Å². The summed E-state index contributed by atoms with van der Waals surface area (Å²) >= 11 is 0. The van der Waals surface area contributed by atoms with Gasteiger partial charge in [-0.1, -0.05) is 38.1 Å². The second-order valence-corrected chi connectivity index (χ2v) is 9.25. The van der Waals surface area contributed by atoms with E-state index in [-0.39, 0.29) is 0 Å². The highest BCUT2D eigenvalue weighted by molar-refractivity contribution is 5.77. The second kappa shape index (κ2) is 9.73. The number of nitrogens with one attached hydrogen (secondary N) is 1. The highest BCUT2D eigenvalue weighted by Gasteiger charge is 2.36. The maximum absolute atomic E-state index is 13.1. The van der Waals surface area contributed by atoms with Gasteiger partial charge in [-0.2, -0.15) is 0 Å². The van der Waals surface area contributed by atoms with Crippen LogP contribution in [0, 0.1) is 0 Å². The molecule has 1 aliphatic heterocycles. The van der Waals surface area contributed by atoms with Crippen LogP contribution in [-0.2, 0) is 11.3 Å². The van der Waals surface area contributed by atoms with Gasteiger partial charge in [-0.3, -0.25) is 4.79 Å². The lowest BCUT2D eigenvalue weighted by Crippen LogP contribution is -3.13. The first-order chi connectivity index (χ1) is 15.0. The Balaban J connectivity index is 1.30. The number of piperazine rings is 1. The summed E-state index contributed by atoms with van der Waals surface area (Å²) in [6, 6.07) is 17.8. The first-order valence-electron chi connectivity index (χ1n) is 11.6. The number of carbonyl (C=O) groups is 1. The molecule has 1 amide bonds. The molecule has 5 heteroatoms. The van der Waals surface area contributed by atoms with E-state index in [9.17, 15) is 4.79 Å². The van der Waals surface area contributed by atoms with Gasteiger partial charge in [0.25, 0.3) is 5.91 Å². The zero-order valence-corrected chi connectivity index (χ0v) is 19.1. The molecule has 2 fully saturated rings. The van der Waals surface area contributed by atoms with Gasteiger partial charge >= 0.3 is 0 Å². The third-order valence-corrected chi connectivity index (χ3v) is 6.68. The molecular weight excluding hydrogens is 386 g/mol. The van der Waals surface area contributed by atoms with Gasteiger partial charge in [0.2, 0.25) is 0 Å². The summed E-state index contributed by atoms with van der Waals surface area (Å²) in [5.41, 5.74) is 3.91. The van der Waals surface area contributed by atoms with E-state index < -0.39 is 0 Å². The molecule has 1 unspecified atom stereocenters. The van der Waals surface area contributed by atoms with Crippen LogP contribution in [0.4, 0.5) is 5.69 Å². The van der Waals surface area contributed by atoms with E-state index in [1.807, 2.05) is 12.1 Å². The molecule has 0 spiro atoms. The molecule has 0 aromatic heterocycles. The second-order valence-electron chi connectivity index (χ2n) is 9.25. The molecule has 4 rings (SSSR count). The van der Waals surface area contributed by atoms with Crippen molar-refractivity contribution >= 4 is 11.6 Å². The largest absolute Gasteiger partial charge is 0.497 e. The predicted octanol–water partition coefficient (Wildman–Crippen LogP) is 2.71. The Morgan fingerprint density at radius 1 is 1.00 bits per heavy atom. The van der Waals surface area contributed by atoms with E-state index >= 15 is 0 Å². The molecular formula is C26H36N3O2+. The third kappa shape index (κ3) is 5.59. The molecule has 1 aliphatic carbocycles. The predicted molar refractivity (Wildman–Crippen MR) is 125 cm³/mol. The number of hydrogen-bond donors (Lipinski definition) is 1. The monoisotopic (exact) mass is 422 g/mol. The number of hydrogen-bond acceptors (Lipinski definition) is 3. The van der Waals surface area contributed by atoms with Crippen molar-refractivity contribution in [3.63, 3.8) is 0 Å². The number of rotatable bonds is 8. The minimum absolute atomic E-state index is 0.301. The maximum atomic E-state index is 13.1.